The molecule has 132 valence electrons. The number of aryl methyl sites for hydroxylation is 1. The normalized spacial score (nSPS) is 19.1. The average Bonchev–Trinajstić information content (AvgIpc) is 3.44. The minimum absolute atomic E-state index is 0.444. The van der Waals surface area contributed by atoms with Crippen molar-refractivity contribution in [3.8, 4) is 11.4 Å². The molecule has 5 rings (SSSR count). The fourth-order valence-corrected chi connectivity index (χ4v) is 4.21. The third kappa shape index (κ3) is 2.75. The predicted molar refractivity (Wildman–Crippen MR) is 99.9 cm³/mol. The van der Waals surface area contributed by atoms with Gasteiger partial charge in [0.05, 0.1) is 12.6 Å². The molecule has 3 aromatic rings. The second-order valence-electron chi connectivity index (χ2n) is 7.10. The Bertz CT molecular complexity index is 890. The fraction of sp³-hybridized carbons (Fsp3) is 0.400. The first-order chi connectivity index (χ1) is 12.9. The zero-order valence-corrected chi connectivity index (χ0v) is 14.8. The van der Waals surface area contributed by atoms with Gasteiger partial charge in [-0.1, -0.05) is 0 Å². The van der Waals surface area contributed by atoms with Crippen LogP contribution in [0.3, 0.4) is 0 Å². The molecule has 1 saturated heterocycles. The Balaban J connectivity index is 1.54. The van der Waals surface area contributed by atoms with Crippen LogP contribution in [0.5, 0.6) is 0 Å². The maximum absolute atomic E-state index is 5.03. The van der Waals surface area contributed by atoms with Crippen molar-refractivity contribution in [3.05, 3.63) is 54.2 Å². The summed E-state index contributed by atoms with van der Waals surface area (Å²) in [7, 11) is 0. The summed E-state index contributed by atoms with van der Waals surface area (Å²) in [6.45, 7) is 1.97. The van der Waals surface area contributed by atoms with E-state index in [0.29, 0.717) is 6.04 Å². The van der Waals surface area contributed by atoms with E-state index < -0.39 is 0 Å². The van der Waals surface area contributed by atoms with Crippen LogP contribution in [0.15, 0.2) is 43.0 Å². The molecular formula is C20H22N6. The zero-order chi connectivity index (χ0) is 17.3. The second kappa shape index (κ2) is 6.52. The standard InChI is InChI=1S/C20H22N6/c1-5-17-18(6-1)23-19(15-7-10-21-11-8-15)24-20(17)26-13-2-4-16(26)14-25-12-3-9-22-25/h3,7-12,16H,1-2,4-6,13-14H2. The number of fused-ring (bicyclic) bond motifs is 1. The van der Waals surface area contributed by atoms with E-state index in [1.54, 1.807) is 0 Å². The van der Waals surface area contributed by atoms with Gasteiger partial charge in [-0.05, 0) is 50.3 Å². The van der Waals surface area contributed by atoms with Crippen molar-refractivity contribution >= 4 is 5.82 Å². The lowest BCUT2D eigenvalue weighted by atomic mass is 10.1. The van der Waals surface area contributed by atoms with E-state index >= 15 is 0 Å². The highest BCUT2D eigenvalue weighted by atomic mass is 15.3. The number of hydrogen-bond acceptors (Lipinski definition) is 5. The topological polar surface area (TPSA) is 59.7 Å². The predicted octanol–water partition coefficient (Wildman–Crippen LogP) is 2.89. The molecule has 0 radical (unpaired) electrons. The Kier molecular flexibility index (Phi) is 3.88. The number of aromatic nitrogens is 5. The number of pyridine rings is 1. The molecule has 1 aliphatic heterocycles. The smallest absolute Gasteiger partial charge is 0.161 e. The van der Waals surface area contributed by atoms with Gasteiger partial charge in [0.25, 0.3) is 0 Å². The third-order valence-corrected chi connectivity index (χ3v) is 5.46. The van der Waals surface area contributed by atoms with E-state index in [9.17, 15) is 0 Å². The molecule has 0 amide bonds. The molecule has 1 unspecified atom stereocenters. The molecule has 26 heavy (non-hydrogen) atoms. The molecule has 0 aromatic carbocycles. The van der Waals surface area contributed by atoms with Gasteiger partial charge in [-0.3, -0.25) is 9.67 Å². The molecule has 4 heterocycles. The van der Waals surface area contributed by atoms with Crippen LogP contribution in [-0.4, -0.2) is 37.3 Å². The highest BCUT2D eigenvalue weighted by molar-refractivity contribution is 5.61. The van der Waals surface area contributed by atoms with Gasteiger partial charge in [0.15, 0.2) is 5.82 Å². The molecule has 1 fully saturated rings. The van der Waals surface area contributed by atoms with Gasteiger partial charge in [-0.2, -0.15) is 5.10 Å². The molecule has 2 aliphatic rings. The van der Waals surface area contributed by atoms with Crippen LogP contribution in [0.1, 0.15) is 30.5 Å². The quantitative estimate of drug-likeness (QED) is 0.727. The maximum atomic E-state index is 5.03. The van der Waals surface area contributed by atoms with E-state index in [-0.39, 0.29) is 0 Å². The Morgan fingerprint density at radius 2 is 1.96 bits per heavy atom. The summed E-state index contributed by atoms with van der Waals surface area (Å²) < 4.78 is 2.04. The summed E-state index contributed by atoms with van der Waals surface area (Å²) in [4.78, 5) is 16.5. The number of rotatable bonds is 4. The van der Waals surface area contributed by atoms with E-state index in [0.717, 1.165) is 43.1 Å². The summed E-state index contributed by atoms with van der Waals surface area (Å²) in [6.07, 6.45) is 13.2. The van der Waals surface area contributed by atoms with Crippen LogP contribution in [-0.2, 0) is 19.4 Å². The van der Waals surface area contributed by atoms with Crippen LogP contribution in [0.2, 0.25) is 0 Å². The lowest BCUT2D eigenvalue weighted by Gasteiger charge is -2.28. The highest BCUT2D eigenvalue weighted by Crippen LogP contribution is 2.35. The van der Waals surface area contributed by atoms with Gasteiger partial charge in [-0.15, -0.1) is 0 Å². The van der Waals surface area contributed by atoms with Crippen LogP contribution >= 0.6 is 0 Å². The lowest BCUT2D eigenvalue weighted by Crippen LogP contribution is -2.34. The van der Waals surface area contributed by atoms with Crippen molar-refractivity contribution < 1.29 is 0 Å². The third-order valence-electron chi connectivity index (χ3n) is 5.46. The molecule has 0 bridgehead atoms. The van der Waals surface area contributed by atoms with Crippen molar-refractivity contribution in [1.82, 2.24) is 24.7 Å². The number of nitrogens with zero attached hydrogens (tertiary/aromatic N) is 6. The minimum atomic E-state index is 0.444. The first-order valence-corrected chi connectivity index (χ1v) is 9.43. The Morgan fingerprint density at radius 3 is 2.81 bits per heavy atom. The largest absolute Gasteiger partial charge is 0.351 e. The van der Waals surface area contributed by atoms with Crippen molar-refractivity contribution in [3.63, 3.8) is 0 Å². The summed E-state index contributed by atoms with van der Waals surface area (Å²) in [5.41, 5.74) is 3.63. The van der Waals surface area contributed by atoms with Gasteiger partial charge in [-0.25, -0.2) is 9.97 Å². The van der Waals surface area contributed by atoms with Crippen molar-refractivity contribution in [2.45, 2.75) is 44.7 Å². The lowest BCUT2D eigenvalue weighted by molar-refractivity contribution is 0.506. The van der Waals surface area contributed by atoms with Crippen LogP contribution in [0, 0.1) is 0 Å². The molecule has 0 spiro atoms. The van der Waals surface area contributed by atoms with Crippen LogP contribution in [0.25, 0.3) is 11.4 Å². The van der Waals surface area contributed by atoms with Gasteiger partial charge in [0.2, 0.25) is 0 Å². The number of hydrogen-bond donors (Lipinski definition) is 0. The van der Waals surface area contributed by atoms with E-state index in [1.807, 2.05) is 47.7 Å². The Labute approximate surface area is 152 Å². The van der Waals surface area contributed by atoms with Gasteiger partial charge < -0.3 is 4.90 Å². The summed E-state index contributed by atoms with van der Waals surface area (Å²) in [6, 6.07) is 6.42. The monoisotopic (exact) mass is 346 g/mol. The van der Waals surface area contributed by atoms with Gasteiger partial charge >= 0.3 is 0 Å². The SMILES string of the molecule is c1cnn(CC2CCCN2c2nc(-c3ccncc3)nc3c2CCC3)c1. The summed E-state index contributed by atoms with van der Waals surface area (Å²) in [5, 5.41) is 4.40. The maximum Gasteiger partial charge on any atom is 0.161 e. The van der Waals surface area contributed by atoms with Crippen molar-refractivity contribution in [2.75, 3.05) is 11.4 Å². The van der Waals surface area contributed by atoms with Crippen molar-refractivity contribution in [1.29, 1.82) is 0 Å². The van der Waals surface area contributed by atoms with Crippen LogP contribution in [0.4, 0.5) is 5.82 Å². The first-order valence-electron chi connectivity index (χ1n) is 9.43. The Hall–Kier alpha value is -2.76. The Morgan fingerprint density at radius 1 is 1.04 bits per heavy atom. The summed E-state index contributed by atoms with van der Waals surface area (Å²) >= 11 is 0. The van der Waals surface area contributed by atoms with Crippen molar-refractivity contribution in [2.24, 2.45) is 0 Å². The van der Waals surface area contributed by atoms with Crippen LogP contribution < -0.4 is 4.90 Å². The fourth-order valence-electron chi connectivity index (χ4n) is 4.21. The molecule has 3 aromatic heterocycles. The van der Waals surface area contributed by atoms with Gasteiger partial charge in [0, 0.05) is 48.2 Å². The molecule has 1 atom stereocenters. The molecule has 0 saturated carbocycles. The van der Waals surface area contributed by atoms with E-state index in [4.69, 9.17) is 9.97 Å². The summed E-state index contributed by atoms with van der Waals surface area (Å²) in [5.74, 6) is 1.97. The molecule has 6 heteroatoms. The van der Waals surface area contributed by atoms with E-state index in [2.05, 4.69) is 15.0 Å². The average molecular weight is 346 g/mol. The molecule has 6 nitrogen and oxygen atoms in total. The first kappa shape index (κ1) is 15.5. The second-order valence-corrected chi connectivity index (χ2v) is 7.10. The molecule has 0 N–H and O–H groups in total. The minimum Gasteiger partial charge on any atom is -0.351 e. The van der Waals surface area contributed by atoms with E-state index in [1.165, 1.54) is 30.5 Å². The molecule has 1 aliphatic carbocycles. The molecular weight excluding hydrogens is 324 g/mol. The highest BCUT2D eigenvalue weighted by Gasteiger charge is 2.31. The zero-order valence-electron chi connectivity index (χ0n) is 14.8. The van der Waals surface area contributed by atoms with Gasteiger partial charge in [0.1, 0.15) is 5.82 Å². The number of anilines is 1.